The van der Waals surface area contributed by atoms with Crippen LogP contribution in [0.1, 0.15) is 70.8 Å². The van der Waals surface area contributed by atoms with Crippen LogP contribution in [-0.2, 0) is 38.7 Å². The molecule has 1 fully saturated rings. The van der Waals surface area contributed by atoms with Crippen molar-refractivity contribution in [3.63, 3.8) is 0 Å². The predicted molar refractivity (Wildman–Crippen MR) is 245 cm³/mol. The van der Waals surface area contributed by atoms with Gasteiger partial charge in [-0.3, -0.25) is 34.8 Å². The Morgan fingerprint density at radius 1 is 0.722 bits per heavy atom. The van der Waals surface area contributed by atoms with E-state index >= 15 is 8.78 Å². The van der Waals surface area contributed by atoms with Gasteiger partial charge in [-0.05, 0) is 59.2 Å². The van der Waals surface area contributed by atoms with E-state index in [0.29, 0.717) is 33.2 Å². The molecule has 2 aliphatic heterocycles. The summed E-state index contributed by atoms with van der Waals surface area (Å²) in [5.41, 5.74) is -0.693. The minimum Gasteiger partial charge on any atom is -0.336 e. The van der Waals surface area contributed by atoms with Crippen LogP contribution in [0.5, 0.6) is 0 Å². The highest BCUT2D eigenvalue weighted by atomic mass is 19.4. The first kappa shape index (κ1) is 48.5. The third-order valence-electron chi connectivity index (χ3n) is 12.5. The maximum absolute atomic E-state index is 15.4. The topological polar surface area (TPSA) is 221 Å². The molecule has 4 N–H and O–H groups in total. The van der Waals surface area contributed by atoms with Gasteiger partial charge in [-0.15, -0.1) is 0 Å². The number of imidazole rings is 1. The number of amidine groups is 2. The summed E-state index contributed by atoms with van der Waals surface area (Å²) < 4.78 is 101. The molecule has 0 bridgehead atoms. The number of H-pyrrole nitrogens is 2. The standard InChI is InChI=1S/C48H39F7N12O5/c1-63(21-26-6-9-29-30(18-26)36(60-62-43(29)69)20-25-8-11-34(50)32(17-25)45(71)65-13-15-67(38(56)23-65)41(57)40(51)52)46(72)39-37-22-64(12-14-66(37)47(58-39)48(53,54)55)44(70)31-16-24(7-10-33(31)49)19-35-27-4-2-3-5-28(27)42(68)61-59-35/h2-11,16-18,40,56-57H,12-15,19-23H2,1H3,(H,61,68)(H,62,69). The lowest BCUT2D eigenvalue weighted by molar-refractivity contribution is -0.147. The number of nitrogens with zero attached hydrogens (tertiary/aromatic N) is 8. The van der Waals surface area contributed by atoms with Gasteiger partial charge in [0, 0.05) is 63.4 Å². The Hall–Kier alpha value is -8.57. The monoisotopic (exact) mass is 996 g/mol. The Labute approximate surface area is 401 Å². The van der Waals surface area contributed by atoms with Crippen molar-refractivity contribution < 1.29 is 45.1 Å². The zero-order valence-corrected chi connectivity index (χ0v) is 37.7. The smallest absolute Gasteiger partial charge is 0.336 e. The summed E-state index contributed by atoms with van der Waals surface area (Å²) in [5.74, 6) is -7.33. The van der Waals surface area contributed by atoms with Gasteiger partial charge in [0.15, 0.2) is 11.5 Å². The van der Waals surface area contributed by atoms with E-state index < -0.39 is 95.9 Å². The molecular weight excluding hydrogens is 958 g/mol. The molecule has 72 heavy (non-hydrogen) atoms. The van der Waals surface area contributed by atoms with Gasteiger partial charge in [0.1, 0.15) is 17.5 Å². The first-order chi connectivity index (χ1) is 34.3. The summed E-state index contributed by atoms with van der Waals surface area (Å²) >= 11 is 0. The molecule has 9 rings (SSSR count). The minimum absolute atomic E-state index is 0.0743. The number of fused-ring (bicyclic) bond motifs is 3. The molecule has 3 amide bonds. The number of carbonyl (C=O) groups is 3. The van der Waals surface area contributed by atoms with Crippen LogP contribution in [-0.4, -0.2) is 119 Å². The largest absolute Gasteiger partial charge is 0.449 e. The van der Waals surface area contributed by atoms with Crippen LogP contribution in [0, 0.1) is 22.5 Å². The third kappa shape index (κ3) is 9.29. The first-order valence-electron chi connectivity index (χ1n) is 22.0. The van der Waals surface area contributed by atoms with E-state index in [1.807, 2.05) is 0 Å². The average Bonchev–Trinajstić information content (AvgIpc) is 3.76. The van der Waals surface area contributed by atoms with Crippen LogP contribution in [0.2, 0.25) is 0 Å². The molecule has 0 aliphatic carbocycles. The number of rotatable bonds is 10. The maximum Gasteiger partial charge on any atom is 0.449 e. The molecule has 0 spiro atoms. The van der Waals surface area contributed by atoms with Gasteiger partial charge in [-0.1, -0.05) is 36.4 Å². The second-order valence-electron chi connectivity index (χ2n) is 17.2. The van der Waals surface area contributed by atoms with Crippen molar-refractivity contribution >= 4 is 50.9 Å². The Kier molecular flexibility index (Phi) is 12.8. The molecule has 0 saturated carbocycles. The summed E-state index contributed by atoms with van der Waals surface area (Å²) in [5, 5.41) is 30.2. The molecule has 370 valence electrons. The fourth-order valence-corrected chi connectivity index (χ4v) is 8.94. The number of amides is 3. The second kappa shape index (κ2) is 19.0. The zero-order chi connectivity index (χ0) is 51.3. The van der Waals surface area contributed by atoms with Crippen LogP contribution in [0.15, 0.2) is 88.5 Å². The molecular formula is C48H39F7N12O5. The average molecular weight is 997 g/mol. The zero-order valence-electron chi connectivity index (χ0n) is 37.7. The fourth-order valence-electron chi connectivity index (χ4n) is 8.94. The Morgan fingerprint density at radius 2 is 1.26 bits per heavy atom. The highest BCUT2D eigenvalue weighted by Gasteiger charge is 2.42. The Balaban J connectivity index is 0.940. The number of piperazine rings is 1. The maximum atomic E-state index is 15.4. The Bertz CT molecular complexity index is 3520. The quantitative estimate of drug-likeness (QED) is 0.0745. The summed E-state index contributed by atoms with van der Waals surface area (Å²) in [6, 6.07) is 18.7. The summed E-state index contributed by atoms with van der Waals surface area (Å²) in [6.07, 6.45) is -8.12. The molecule has 0 atom stereocenters. The number of nitrogens with one attached hydrogen (secondary N) is 4. The molecule has 0 unspecified atom stereocenters. The van der Waals surface area contributed by atoms with Crippen LogP contribution >= 0.6 is 0 Å². The molecule has 3 aromatic heterocycles. The van der Waals surface area contributed by atoms with Crippen molar-refractivity contribution in [2.45, 2.75) is 45.1 Å². The van der Waals surface area contributed by atoms with Gasteiger partial charge < -0.3 is 24.2 Å². The van der Waals surface area contributed by atoms with E-state index in [9.17, 15) is 45.9 Å². The van der Waals surface area contributed by atoms with Crippen molar-refractivity contribution in [1.29, 1.82) is 10.8 Å². The number of aromatic nitrogens is 6. The van der Waals surface area contributed by atoms with Crippen molar-refractivity contribution in [3.05, 3.63) is 168 Å². The van der Waals surface area contributed by atoms with Gasteiger partial charge in [0.05, 0.1) is 52.1 Å². The van der Waals surface area contributed by atoms with E-state index in [1.165, 1.54) is 49.5 Å². The van der Waals surface area contributed by atoms with E-state index in [4.69, 9.17) is 10.8 Å². The first-order valence-corrected chi connectivity index (χ1v) is 22.0. The number of hydrogen-bond donors (Lipinski definition) is 4. The molecule has 17 nitrogen and oxygen atoms in total. The van der Waals surface area contributed by atoms with Crippen molar-refractivity contribution in [2.75, 3.05) is 33.2 Å². The minimum atomic E-state index is -5.00. The Morgan fingerprint density at radius 3 is 1.85 bits per heavy atom. The lowest BCUT2D eigenvalue weighted by Gasteiger charge is -2.36. The summed E-state index contributed by atoms with van der Waals surface area (Å²) in [6.45, 7) is -2.38. The van der Waals surface area contributed by atoms with Gasteiger partial charge in [-0.2, -0.15) is 23.4 Å². The van der Waals surface area contributed by atoms with Crippen molar-refractivity contribution in [3.8, 4) is 0 Å². The fraction of sp³-hybridized carbons (Fsp3) is 0.250. The van der Waals surface area contributed by atoms with Crippen LogP contribution in [0.25, 0.3) is 21.5 Å². The van der Waals surface area contributed by atoms with Crippen molar-refractivity contribution in [1.82, 2.24) is 49.5 Å². The number of halogens is 7. The number of hydrogen-bond acceptors (Lipinski definition) is 10. The molecule has 7 aromatic rings. The second-order valence-corrected chi connectivity index (χ2v) is 17.2. The SMILES string of the molecule is CN(Cc1ccc2c(=O)[nH]nc(Cc3ccc(F)c(C(=O)N4CCN(C(=N)C(F)F)C(=N)C4)c3)c2c1)C(=O)c1nc(C(F)(F)F)n2c1CN(C(=O)c1cc(Cc3n[nH]c(=O)c4ccccc34)ccc1F)CC2. The number of alkyl halides is 5. The molecule has 1 saturated heterocycles. The predicted octanol–water partition coefficient (Wildman–Crippen LogP) is 5.74. The highest BCUT2D eigenvalue weighted by Crippen LogP contribution is 2.34. The molecule has 4 aromatic carbocycles. The van der Waals surface area contributed by atoms with Crippen LogP contribution in [0.4, 0.5) is 30.7 Å². The lowest BCUT2D eigenvalue weighted by atomic mass is 10.0. The third-order valence-corrected chi connectivity index (χ3v) is 12.5. The van der Waals surface area contributed by atoms with Gasteiger partial charge in [0.25, 0.3) is 35.3 Å². The number of aromatic amines is 2. The molecule has 24 heteroatoms. The summed E-state index contributed by atoms with van der Waals surface area (Å²) in [7, 11) is 1.32. The number of carbonyl (C=O) groups excluding carboxylic acids is 3. The normalized spacial score (nSPS) is 14.1. The van der Waals surface area contributed by atoms with Gasteiger partial charge in [-0.25, -0.2) is 32.7 Å². The van der Waals surface area contributed by atoms with E-state index in [1.54, 1.807) is 24.3 Å². The number of benzene rings is 4. The van der Waals surface area contributed by atoms with Crippen LogP contribution < -0.4 is 11.1 Å². The lowest BCUT2D eigenvalue weighted by Crippen LogP contribution is -2.55. The van der Waals surface area contributed by atoms with Crippen molar-refractivity contribution in [2.24, 2.45) is 0 Å². The van der Waals surface area contributed by atoms with E-state index in [0.717, 1.165) is 36.3 Å². The van der Waals surface area contributed by atoms with E-state index in [2.05, 4.69) is 25.4 Å². The summed E-state index contributed by atoms with van der Waals surface area (Å²) in [4.78, 5) is 74.7. The van der Waals surface area contributed by atoms with Gasteiger partial charge in [0.2, 0.25) is 5.82 Å². The molecule has 0 radical (unpaired) electrons. The van der Waals surface area contributed by atoms with E-state index in [-0.39, 0.29) is 72.3 Å². The van der Waals surface area contributed by atoms with Gasteiger partial charge >= 0.3 is 6.18 Å². The molecule has 5 heterocycles. The highest BCUT2D eigenvalue weighted by molar-refractivity contribution is 6.04. The molecule has 2 aliphatic rings. The van der Waals surface area contributed by atoms with Crippen LogP contribution in [0.3, 0.4) is 0 Å².